The minimum atomic E-state index is -4.62. The fourth-order valence-corrected chi connectivity index (χ4v) is 5.30. The van der Waals surface area contributed by atoms with E-state index in [9.17, 15) is 27.6 Å². The first-order valence-electron chi connectivity index (χ1n) is 13.1. The Morgan fingerprint density at radius 3 is 2.41 bits per heavy atom. The van der Waals surface area contributed by atoms with E-state index < -0.39 is 41.4 Å². The third kappa shape index (κ3) is 5.02. The van der Waals surface area contributed by atoms with Crippen LogP contribution in [0.15, 0.2) is 53.8 Å². The lowest BCUT2D eigenvalue weighted by Gasteiger charge is -2.39. The second-order valence-corrected chi connectivity index (χ2v) is 11.3. The molecule has 2 unspecified atom stereocenters. The van der Waals surface area contributed by atoms with E-state index in [-0.39, 0.29) is 23.3 Å². The number of carbonyl (C=O) groups excluding carboxylic acids is 2. The van der Waals surface area contributed by atoms with Gasteiger partial charge in [-0.2, -0.15) is 13.2 Å². The van der Waals surface area contributed by atoms with E-state index in [2.05, 4.69) is 4.98 Å². The molecular formula is C29H30F3N5O4. The number of nitrogens with zero attached hydrogens (tertiary/aromatic N) is 5. The predicted octanol–water partition coefficient (Wildman–Crippen LogP) is 5.70. The molecule has 5 rings (SSSR count). The summed E-state index contributed by atoms with van der Waals surface area (Å²) in [6.07, 6.45) is -0.776. The highest BCUT2D eigenvalue weighted by atomic mass is 19.4. The van der Waals surface area contributed by atoms with Gasteiger partial charge in [-0.15, -0.1) is 0 Å². The second kappa shape index (κ2) is 9.64. The summed E-state index contributed by atoms with van der Waals surface area (Å²) in [5.74, 6) is -0.410. The molecule has 0 N–H and O–H groups in total. The molecule has 12 heteroatoms. The number of rotatable bonds is 3. The van der Waals surface area contributed by atoms with Crippen molar-refractivity contribution in [2.24, 2.45) is 0 Å². The van der Waals surface area contributed by atoms with Crippen LogP contribution in [0, 0.1) is 6.92 Å². The van der Waals surface area contributed by atoms with Gasteiger partial charge < -0.3 is 18.8 Å². The van der Waals surface area contributed by atoms with Crippen LogP contribution in [0.1, 0.15) is 68.0 Å². The summed E-state index contributed by atoms with van der Waals surface area (Å²) in [6, 6.07) is 5.22. The maximum absolute atomic E-state index is 13.8. The molecule has 2 atom stereocenters. The Morgan fingerprint density at radius 1 is 1.10 bits per heavy atom. The molecule has 9 nitrogen and oxygen atoms in total. The van der Waals surface area contributed by atoms with Crippen molar-refractivity contribution in [1.29, 1.82) is 0 Å². The van der Waals surface area contributed by atoms with Gasteiger partial charge >= 0.3 is 12.3 Å². The Morgan fingerprint density at radius 2 is 1.80 bits per heavy atom. The first-order valence-corrected chi connectivity index (χ1v) is 13.1. The van der Waals surface area contributed by atoms with Crippen molar-refractivity contribution in [2.75, 3.05) is 0 Å². The van der Waals surface area contributed by atoms with Crippen molar-refractivity contribution in [2.45, 2.75) is 71.9 Å². The highest BCUT2D eigenvalue weighted by molar-refractivity contribution is 5.96. The summed E-state index contributed by atoms with van der Waals surface area (Å²) in [5.41, 5.74) is -0.354. The second-order valence-electron chi connectivity index (χ2n) is 11.3. The fraction of sp³-hybridized carbons (Fsp3) is 0.379. The molecule has 0 saturated carbocycles. The Hall–Kier alpha value is -4.35. The Balaban J connectivity index is 1.58. The average molecular weight is 570 g/mol. The lowest BCUT2D eigenvalue weighted by Crippen LogP contribution is -2.50. The van der Waals surface area contributed by atoms with E-state index in [1.54, 1.807) is 69.3 Å². The number of aryl methyl sites for hydroxylation is 1. The molecule has 0 spiro atoms. The smallest absolute Gasteiger partial charge is 0.419 e. The van der Waals surface area contributed by atoms with Crippen molar-refractivity contribution < 1.29 is 27.5 Å². The zero-order valence-electron chi connectivity index (χ0n) is 23.5. The van der Waals surface area contributed by atoms with Gasteiger partial charge in [0.25, 0.3) is 11.5 Å². The number of alkyl halides is 3. The molecule has 0 fully saturated rings. The summed E-state index contributed by atoms with van der Waals surface area (Å²) < 4.78 is 50.3. The molecule has 0 saturated heterocycles. The molecule has 1 aliphatic heterocycles. The first kappa shape index (κ1) is 28.2. The van der Waals surface area contributed by atoms with Gasteiger partial charge in [0, 0.05) is 35.9 Å². The van der Waals surface area contributed by atoms with Crippen molar-refractivity contribution in [1.82, 2.24) is 23.6 Å². The molecule has 216 valence electrons. The zero-order valence-corrected chi connectivity index (χ0v) is 23.5. The van der Waals surface area contributed by atoms with Gasteiger partial charge in [-0.05, 0) is 65.8 Å². The molecule has 4 aromatic rings. The molecule has 3 aromatic heterocycles. The van der Waals surface area contributed by atoms with Crippen LogP contribution in [-0.4, -0.2) is 47.2 Å². The third-order valence-corrected chi connectivity index (χ3v) is 7.14. The number of imidazole rings is 1. The molecule has 41 heavy (non-hydrogen) atoms. The van der Waals surface area contributed by atoms with Gasteiger partial charge in [-0.25, -0.2) is 9.78 Å². The molecule has 1 amide bonds. The number of aromatic nitrogens is 4. The van der Waals surface area contributed by atoms with Gasteiger partial charge in [0.2, 0.25) is 0 Å². The van der Waals surface area contributed by atoms with Gasteiger partial charge in [0.05, 0.1) is 29.1 Å². The van der Waals surface area contributed by atoms with Crippen LogP contribution in [0.5, 0.6) is 0 Å². The quantitative estimate of drug-likeness (QED) is 0.316. The maximum Gasteiger partial charge on any atom is 0.419 e. The number of fused-ring (bicyclic) bond motifs is 2. The zero-order chi connectivity index (χ0) is 30.0. The molecule has 0 bridgehead atoms. The first-order chi connectivity index (χ1) is 19.1. The van der Waals surface area contributed by atoms with Crippen molar-refractivity contribution in [3.63, 3.8) is 0 Å². The van der Waals surface area contributed by atoms with E-state index in [4.69, 9.17) is 4.74 Å². The van der Waals surface area contributed by atoms with Crippen LogP contribution in [0.25, 0.3) is 16.6 Å². The van der Waals surface area contributed by atoms with Crippen molar-refractivity contribution in [3.8, 4) is 5.69 Å². The largest absolute Gasteiger partial charge is 0.443 e. The van der Waals surface area contributed by atoms with Gasteiger partial charge in [-0.3, -0.25) is 14.2 Å². The highest BCUT2D eigenvalue weighted by Crippen LogP contribution is 2.37. The van der Waals surface area contributed by atoms with Crippen LogP contribution in [-0.2, 0) is 17.5 Å². The number of pyridine rings is 1. The Labute approximate surface area is 233 Å². The van der Waals surface area contributed by atoms with Crippen molar-refractivity contribution in [3.05, 3.63) is 81.9 Å². The minimum absolute atomic E-state index is 0.0184. The van der Waals surface area contributed by atoms with Gasteiger partial charge in [0.1, 0.15) is 17.0 Å². The topological polar surface area (TPSA) is 91.4 Å². The average Bonchev–Trinajstić information content (AvgIpc) is 3.46. The van der Waals surface area contributed by atoms with Crippen LogP contribution in [0.3, 0.4) is 0 Å². The van der Waals surface area contributed by atoms with Crippen molar-refractivity contribution >= 4 is 22.9 Å². The number of carbonyl (C=O) groups is 2. The summed E-state index contributed by atoms with van der Waals surface area (Å²) in [6.45, 7) is 10.5. The summed E-state index contributed by atoms with van der Waals surface area (Å²) in [5, 5.41) is 0.380. The minimum Gasteiger partial charge on any atom is -0.443 e. The monoisotopic (exact) mass is 569 g/mol. The van der Waals surface area contributed by atoms with Crippen LogP contribution >= 0.6 is 0 Å². The lowest BCUT2D eigenvalue weighted by molar-refractivity contribution is -0.137. The Kier molecular flexibility index (Phi) is 6.62. The fourth-order valence-electron chi connectivity index (χ4n) is 5.30. The van der Waals surface area contributed by atoms with E-state index in [1.165, 1.54) is 23.2 Å². The number of hydrogen-bond acceptors (Lipinski definition) is 5. The Bertz CT molecular complexity index is 1740. The standard InChI is InChI=1S/C29H30F3N5O4/c1-16-12-34(15-33-16)22-9-10-23-26(39)37(17(2)13-35(23)25(22)38)18(3)21-14-36(27(40)41-28(4,5)6)24-11-19(29(30,31)32)7-8-20(21)24/h7-12,14-15,17-18H,13H2,1-6H3. The van der Waals surface area contributed by atoms with Gasteiger partial charge in [0.15, 0.2) is 0 Å². The van der Waals surface area contributed by atoms with Crippen LogP contribution in [0.2, 0.25) is 0 Å². The molecule has 1 aliphatic rings. The molecule has 0 aliphatic carbocycles. The molecular weight excluding hydrogens is 539 g/mol. The lowest BCUT2D eigenvalue weighted by atomic mass is 10.0. The van der Waals surface area contributed by atoms with Crippen LogP contribution in [0.4, 0.5) is 18.0 Å². The number of halogens is 3. The number of hydrogen-bond donors (Lipinski definition) is 0. The molecule has 1 aromatic carbocycles. The van der Waals surface area contributed by atoms with Crippen LogP contribution < -0.4 is 5.56 Å². The highest BCUT2D eigenvalue weighted by Gasteiger charge is 2.37. The maximum atomic E-state index is 13.8. The SMILES string of the molecule is Cc1cn(-c2ccc3n(c2=O)CC(C)N(C(C)c2cn(C(=O)OC(C)(C)C)c4cc(C(F)(F)F)ccc24)C3=O)cn1. The summed E-state index contributed by atoms with van der Waals surface area (Å²) >= 11 is 0. The summed E-state index contributed by atoms with van der Waals surface area (Å²) in [7, 11) is 0. The van der Waals surface area contributed by atoms with Gasteiger partial charge in [-0.1, -0.05) is 6.07 Å². The van der Waals surface area contributed by atoms with E-state index in [0.29, 0.717) is 16.6 Å². The number of amides is 1. The predicted molar refractivity (Wildman–Crippen MR) is 145 cm³/mol. The normalized spacial score (nSPS) is 16.7. The molecule has 4 heterocycles. The molecule has 0 radical (unpaired) electrons. The third-order valence-electron chi connectivity index (χ3n) is 7.14. The van der Waals surface area contributed by atoms with E-state index in [1.807, 2.05) is 0 Å². The number of ether oxygens (including phenoxy) is 1. The number of benzene rings is 1. The summed E-state index contributed by atoms with van der Waals surface area (Å²) in [4.78, 5) is 45.9. The van der Waals surface area contributed by atoms with E-state index in [0.717, 1.165) is 22.4 Å². The van der Waals surface area contributed by atoms with E-state index >= 15 is 0 Å².